The van der Waals surface area contributed by atoms with Crippen LogP contribution in [-0.2, 0) is 4.74 Å². The molecule has 4 fully saturated rings. The van der Waals surface area contributed by atoms with Gasteiger partial charge in [0.25, 0.3) is 0 Å². The third kappa shape index (κ3) is 3.42. The van der Waals surface area contributed by atoms with Crippen LogP contribution in [0.4, 0.5) is 0 Å². The fourth-order valence-electron chi connectivity index (χ4n) is 5.33. The molecule has 0 unspecified atom stereocenters. The second-order valence-corrected chi connectivity index (χ2v) is 7.37. The van der Waals surface area contributed by atoms with E-state index in [0.717, 1.165) is 30.1 Å². The lowest BCUT2D eigenvalue weighted by atomic mass is 9.50. The lowest BCUT2D eigenvalue weighted by molar-refractivity contribution is -0.0882. The SMILES string of the molecule is COCC12CC3CC(CC(C3)C1)C2.COc1ccccc1. The molecule has 1 aromatic carbocycles. The zero-order chi connectivity index (χ0) is 14.7. The second-order valence-electron chi connectivity index (χ2n) is 7.37. The average molecular weight is 288 g/mol. The smallest absolute Gasteiger partial charge is 0.118 e. The molecule has 0 N–H and O–H groups in total. The van der Waals surface area contributed by atoms with E-state index in [-0.39, 0.29) is 0 Å². The van der Waals surface area contributed by atoms with Gasteiger partial charge in [0.05, 0.1) is 13.7 Å². The van der Waals surface area contributed by atoms with E-state index in [0.29, 0.717) is 5.41 Å². The molecule has 0 atom stereocenters. The van der Waals surface area contributed by atoms with E-state index in [1.165, 1.54) is 19.3 Å². The molecule has 4 saturated carbocycles. The minimum absolute atomic E-state index is 0.628. The van der Waals surface area contributed by atoms with Crippen molar-refractivity contribution >= 4 is 0 Å². The largest absolute Gasteiger partial charge is 0.497 e. The normalized spacial score (nSPS) is 36.0. The fraction of sp³-hybridized carbons (Fsp3) is 0.684. The minimum Gasteiger partial charge on any atom is -0.497 e. The zero-order valence-electron chi connectivity index (χ0n) is 13.4. The van der Waals surface area contributed by atoms with E-state index >= 15 is 0 Å². The van der Waals surface area contributed by atoms with Gasteiger partial charge < -0.3 is 9.47 Å². The molecule has 0 aliphatic heterocycles. The van der Waals surface area contributed by atoms with Crippen LogP contribution in [0, 0.1) is 23.2 Å². The summed E-state index contributed by atoms with van der Waals surface area (Å²) >= 11 is 0. The Morgan fingerprint density at radius 1 is 0.905 bits per heavy atom. The van der Waals surface area contributed by atoms with Crippen LogP contribution in [-0.4, -0.2) is 20.8 Å². The molecule has 5 rings (SSSR count). The fourth-order valence-corrected chi connectivity index (χ4v) is 5.33. The van der Waals surface area contributed by atoms with Crippen molar-refractivity contribution < 1.29 is 9.47 Å². The van der Waals surface area contributed by atoms with Crippen molar-refractivity contribution in [1.82, 2.24) is 0 Å². The van der Waals surface area contributed by atoms with Gasteiger partial charge in [0.15, 0.2) is 0 Å². The summed E-state index contributed by atoms with van der Waals surface area (Å²) in [6.45, 7) is 1.04. The summed E-state index contributed by atoms with van der Waals surface area (Å²) in [6, 6.07) is 9.68. The van der Waals surface area contributed by atoms with E-state index in [2.05, 4.69) is 0 Å². The van der Waals surface area contributed by atoms with Gasteiger partial charge in [0.1, 0.15) is 5.75 Å². The van der Waals surface area contributed by atoms with E-state index in [9.17, 15) is 0 Å². The van der Waals surface area contributed by atoms with Gasteiger partial charge in [0, 0.05) is 7.11 Å². The molecule has 0 aromatic heterocycles. The highest BCUT2D eigenvalue weighted by molar-refractivity contribution is 5.20. The maximum Gasteiger partial charge on any atom is 0.118 e. The highest BCUT2D eigenvalue weighted by Crippen LogP contribution is 2.59. The topological polar surface area (TPSA) is 18.5 Å². The van der Waals surface area contributed by atoms with Crippen LogP contribution in [0.2, 0.25) is 0 Å². The van der Waals surface area contributed by atoms with Gasteiger partial charge in [-0.15, -0.1) is 0 Å². The molecule has 2 heteroatoms. The summed E-state index contributed by atoms with van der Waals surface area (Å²) in [4.78, 5) is 0. The molecular weight excluding hydrogens is 260 g/mol. The molecule has 4 aliphatic rings. The standard InChI is InChI=1S/C12H20O.C7H8O/c1-13-8-12-5-9-2-10(6-12)4-11(3-9)7-12;1-8-7-5-3-2-4-6-7/h9-11H,2-8H2,1H3;2-6H,1H3. The predicted octanol–water partition coefficient (Wildman–Crippen LogP) is 4.54. The van der Waals surface area contributed by atoms with Gasteiger partial charge in [-0.2, -0.15) is 0 Å². The quantitative estimate of drug-likeness (QED) is 0.812. The summed E-state index contributed by atoms with van der Waals surface area (Å²) in [7, 11) is 3.54. The van der Waals surface area contributed by atoms with Crippen LogP contribution in [0.15, 0.2) is 30.3 Å². The number of para-hydroxylation sites is 1. The zero-order valence-corrected chi connectivity index (χ0v) is 13.4. The molecule has 21 heavy (non-hydrogen) atoms. The van der Waals surface area contributed by atoms with E-state index < -0.39 is 0 Å². The maximum absolute atomic E-state index is 5.43. The van der Waals surface area contributed by atoms with Crippen LogP contribution >= 0.6 is 0 Å². The van der Waals surface area contributed by atoms with Gasteiger partial charge in [-0.3, -0.25) is 0 Å². The monoisotopic (exact) mass is 288 g/mol. The van der Waals surface area contributed by atoms with Crippen molar-refractivity contribution in [2.75, 3.05) is 20.8 Å². The third-order valence-electron chi connectivity index (χ3n) is 5.59. The highest BCUT2D eigenvalue weighted by Gasteiger charge is 2.50. The first kappa shape index (κ1) is 14.9. The Labute approximate surface area is 128 Å². The summed E-state index contributed by atoms with van der Waals surface area (Å²) in [5.74, 6) is 4.12. The number of hydrogen-bond acceptors (Lipinski definition) is 2. The Hall–Kier alpha value is -1.02. The van der Waals surface area contributed by atoms with Crippen LogP contribution in [0.25, 0.3) is 0 Å². The van der Waals surface area contributed by atoms with Gasteiger partial charge >= 0.3 is 0 Å². The molecule has 0 amide bonds. The Morgan fingerprint density at radius 2 is 1.43 bits per heavy atom. The molecule has 4 bridgehead atoms. The van der Waals surface area contributed by atoms with Crippen LogP contribution in [0.5, 0.6) is 5.75 Å². The molecule has 0 spiro atoms. The molecule has 116 valence electrons. The average Bonchev–Trinajstić information content (AvgIpc) is 2.47. The Bertz CT molecular complexity index is 405. The molecule has 0 radical (unpaired) electrons. The first-order valence-corrected chi connectivity index (χ1v) is 8.31. The van der Waals surface area contributed by atoms with E-state index in [4.69, 9.17) is 9.47 Å². The van der Waals surface area contributed by atoms with Crippen LogP contribution in [0.1, 0.15) is 38.5 Å². The Kier molecular flexibility index (Phi) is 4.54. The molecule has 0 heterocycles. The van der Waals surface area contributed by atoms with Gasteiger partial charge in [0.2, 0.25) is 0 Å². The lowest BCUT2D eigenvalue weighted by Gasteiger charge is -2.56. The number of methoxy groups -OCH3 is 2. The summed E-state index contributed by atoms with van der Waals surface area (Å²) in [5.41, 5.74) is 0.628. The van der Waals surface area contributed by atoms with Crippen molar-refractivity contribution in [3.63, 3.8) is 0 Å². The minimum atomic E-state index is 0.628. The summed E-state index contributed by atoms with van der Waals surface area (Å²) < 4.78 is 10.3. The molecule has 2 nitrogen and oxygen atoms in total. The van der Waals surface area contributed by atoms with Gasteiger partial charge in [-0.25, -0.2) is 0 Å². The molecule has 4 aliphatic carbocycles. The second kappa shape index (κ2) is 6.39. The van der Waals surface area contributed by atoms with Gasteiger partial charge in [-0.1, -0.05) is 18.2 Å². The molecular formula is C19H28O2. The van der Waals surface area contributed by atoms with Gasteiger partial charge in [-0.05, 0) is 73.8 Å². The summed E-state index contributed by atoms with van der Waals surface area (Å²) in [6.07, 6.45) is 9.07. The van der Waals surface area contributed by atoms with Crippen molar-refractivity contribution in [2.24, 2.45) is 23.2 Å². The van der Waals surface area contributed by atoms with Crippen molar-refractivity contribution in [1.29, 1.82) is 0 Å². The van der Waals surface area contributed by atoms with E-state index in [1.54, 1.807) is 26.4 Å². The maximum atomic E-state index is 5.43. The van der Waals surface area contributed by atoms with E-state index in [1.807, 2.05) is 37.4 Å². The number of ether oxygens (including phenoxy) is 2. The Morgan fingerprint density at radius 3 is 1.81 bits per heavy atom. The van der Waals surface area contributed by atoms with Crippen LogP contribution < -0.4 is 4.74 Å². The first-order chi connectivity index (χ1) is 10.2. The highest BCUT2D eigenvalue weighted by atomic mass is 16.5. The Balaban J connectivity index is 0.000000143. The van der Waals surface area contributed by atoms with Crippen molar-refractivity contribution in [2.45, 2.75) is 38.5 Å². The number of hydrogen-bond donors (Lipinski definition) is 0. The summed E-state index contributed by atoms with van der Waals surface area (Å²) in [5, 5.41) is 0. The first-order valence-electron chi connectivity index (χ1n) is 8.31. The predicted molar refractivity (Wildman–Crippen MR) is 85.5 cm³/mol. The van der Waals surface area contributed by atoms with Crippen molar-refractivity contribution in [3.05, 3.63) is 30.3 Å². The molecule has 0 saturated heterocycles. The van der Waals surface area contributed by atoms with Crippen LogP contribution in [0.3, 0.4) is 0 Å². The number of benzene rings is 1. The number of rotatable bonds is 3. The third-order valence-corrected chi connectivity index (χ3v) is 5.59. The molecule has 1 aromatic rings. The van der Waals surface area contributed by atoms with Crippen molar-refractivity contribution in [3.8, 4) is 5.75 Å². The lowest BCUT2D eigenvalue weighted by Crippen LogP contribution is -2.48.